The molecule has 1 rings (SSSR count). The third kappa shape index (κ3) is 3.25. The molecule has 0 aromatic heterocycles. The molecule has 1 aromatic carbocycles. The number of rotatable bonds is 5. The Labute approximate surface area is 103 Å². The third-order valence-electron chi connectivity index (χ3n) is 2.44. The van der Waals surface area contributed by atoms with Gasteiger partial charge in [-0.05, 0) is 25.5 Å². The van der Waals surface area contributed by atoms with Crippen molar-refractivity contribution in [3.8, 4) is 11.8 Å². The van der Waals surface area contributed by atoms with E-state index >= 15 is 0 Å². The first-order chi connectivity index (χ1) is 8.24. The van der Waals surface area contributed by atoms with Gasteiger partial charge in [-0.1, -0.05) is 25.5 Å². The molecule has 2 N–H and O–H groups in total. The zero-order valence-corrected chi connectivity index (χ0v) is 10.4. The van der Waals surface area contributed by atoms with Crippen LogP contribution in [-0.4, -0.2) is 6.61 Å². The van der Waals surface area contributed by atoms with Gasteiger partial charge < -0.3 is 10.5 Å². The van der Waals surface area contributed by atoms with E-state index in [-0.39, 0.29) is 0 Å². The maximum atomic E-state index is 9.08. The number of nitrogens with two attached hydrogens (primary N) is 1. The largest absolute Gasteiger partial charge is 0.493 e. The van der Waals surface area contributed by atoms with Crippen LogP contribution >= 0.6 is 0 Å². The molecular formula is C14H18N2O. The van der Waals surface area contributed by atoms with E-state index in [2.05, 4.69) is 6.07 Å². The van der Waals surface area contributed by atoms with E-state index in [0.29, 0.717) is 24.3 Å². The molecule has 0 aliphatic rings. The predicted molar refractivity (Wildman–Crippen MR) is 69.2 cm³/mol. The number of nitrogens with zero attached hydrogens (tertiary/aromatic N) is 1. The Hall–Kier alpha value is -1.95. The molecule has 0 saturated carbocycles. The van der Waals surface area contributed by atoms with Crippen LogP contribution in [0.2, 0.25) is 0 Å². The molecule has 0 atom stereocenters. The molecule has 0 fully saturated rings. The van der Waals surface area contributed by atoms with Crippen LogP contribution in [0, 0.1) is 11.3 Å². The van der Waals surface area contributed by atoms with Gasteiger partial charge in [0.2, 0.25) is 0 Å². The minimum absolute atomic E-state index is 0.526. The second-order valence-corrected chi connectivity index (χ2v) is 3.68. The van der Waals surface area contributed by atoms with E-state index in [1.807, 2.05) is 38.1 Å². The van der Waals surface area contributed by atoms with Crippen molar-refractivity contribution >= 4 is 5.70 Å². The Kier molecular flexibility index (Phi) is 5.09. The number of nitriles is 1. The van der Waals surface area contributed by atoms with E-state index < -0.39 is 0 Å². The first kappa shape index (κ1) is 13.1. The van der Waals surface area contributed by atoms with Gasteiger partial charge in [-0.2, -0.15) is 5.26 Å². The highest BCUT2D eigenvalue weighted by Gasteiger charge is 2.09. The van der Waals surface area contributed by atoms with Gasteiger partial charge in [-0.25, -0.2) is 0 Å². The molecule has 0 heterocycles. The van der Waals surface area contributed by atoms with E-state index in [9.17, 15) is 0 Å². The SMILES string of the molecule is CCC/C(C#N)=C(/N)c1ccccc1OCC. The van der Waals surface area contributed by atoms with E-state index in [1.165, 1.54) is 0 Å². The standard InChI is InChI=1S/C14H18N2O/c1-3-7-11(10-15)14(16)12-8-5-6-9-13(12)17-4-2/h5-6,8-9H,3-4,7,16H2,1-2H3/b14-11-. The van der Waals surface area contributed by atoms with E-state index in [0.717, 1.165) is 17.7 Å². The van der Waals surface area contributed by atoms with Gasteiger partial charge in [-0.3, -0.25) is 0 Å². The highest BCUT2D eigenvalue weighted by atomic mass is 16.5. The third-order valence-corrected chi connectivity index (χ3v) is 2.44. The Morgan fingerprint density at radius 3 is 2.65 bits per heavy atom. The average molecular weight is 230 g/mol. The van der Waals surface area contributed by atoms with Crippen molar-refractivity contribution in [3.05, 3.63) is 35.4 Å². The van der Waals surface area contributed by atoms with Crippen molar-refractivity contribution in [3.63, 3.8) is 0 Å². The number of hydrogen-bond donors (Lipinski definition) is 1. The fourth-order valence-corrected chi connectivity index (χ4v) is 1.63. The molecule has 0 radical (unpaired) electrons. The lowest BCUT2D eigenvalue weighted by Crippen LogP contribution is -2.04. The fraction of sp³-hybridized carbons (Fsp3) is 0.357. The van der Waals surface area contributed by atoms with Gasteiger partial charge >= 0.3 is 0 Å². The van der Waals surface area contributed by atoms with Crippen LogP contribution in [0.5, 0.6) is 5.75 Å². The van der Waals surface area contributed by atoms with Crippen molar-refractivity contribution in [2.24, 2.45) is 5.73 Å². The van der Waals surface area contributed by atoms with E-state index in [1.54, 1.807) is 0 Å². The van der Waals surface area contributed by atoms with Crippen LogP contribution in [-0.2, 0) is 0 Å². The topological polar surface area (TPSA) is 59.0 Å². The van der Waals surface area contributed by atoms with Gasteiger partial charge in [0.25, 0.3) is 0 Å². The fourth-order valence-electron chi connectivity index (χ4n) is 1.63. The molecule has 0 unspecified atom stereocenters. The summed E-state index contributed by atoms with van der Waals surface area (Å²) < 4.78 is 5.51. The normalized spacial score (nSPS) is 11.6. The molecule has 3 nitrogen and oxygen atoms in total. The van der Waals surface area contributed by atoms with Crippen molar-refractivity contribution in [2.45, 2.75) is 26.7 Å². The van der Waals surface area contributed by atoms with Crippen LogP contribution in [0.1, 0.15) is 32.3 Å². The zero-order valence-electron chi connectivity index (χ0n) is 10.4. The molecule has 0 saturated heterocycles. The average Bonchev–Trinajstić information content (AvgIpc) is 2.36. The monoisotopic (exact) mass is 230 g/mol. The summed E-state index contributed by atoms with van der Waals surface area (Å²) >= 11 is 0. The number of para-hydroxylation sites is 1. The van der Waals surface area contributed by atoms with Gasteiger partial charge in [-0.15, -0.1) is 0 Å². The summed E-state index contributed by atoms with van der Waals surface area (Å²) in [5, 5.41) is 9.08. The molecule has 0 spiro atoms. The van der Waals surface area contributed by atoms with Crippen LogP contribution < -0.4 is 10.5 Å². The Bertz CT molecular complexity index is 444. The highest BCUT2D eigenvalue weighted by Crippen LogP contribution is 2.26. The second-order valence-electron chi connectivity index (χ2n) is 3.68. The molecule has 0 aliphatic heterocycles. The van der Waals surface area contributed by atoms with E-state index in [4.69, 9.17) is 15.7 Å². The molecular weight excluding hydrogens is 212 g/mol. The maximum Gasteiger partial charge on any atom is 0.128 e. The number of ether oxygens (including phenoxy) is 1. The Morgan fingerprint density at radius 1 is 1.35 bits per heavy atom. The van der Waals surface area contributed by atoms with Gasteiger partial charge in [0.1, 0.15) is 5.75 Å². The summed E-state index contributed by atoms with van der Waals surface area (Å²) in [5.74, 6) is 0.733. The number of benzene rings is 1. The van der Waals surface area contributed by atoms with Crippen LogP contribution in [0.3, 0.4) is 0 Å². The summed E-state index contributed by atoms with van der Waals surface area (Å²) in [7, 11) is 0. The lowest BCUT2D eigenvalue weighted by Gasteiger charge is -2.11. The molecule has 1 aromatic rings. The number of allylic oxidation sites excluding steroid dienone is 1. The van der Waals surface area contributed by atoms with Crippen LogP contribution in [0.4, 0.5) is 0 Å². The molecule has 0 aliphatic carbocycles. The van der Waals surface area contributed by atoms with Gasteiger partial charge in [0, 0.05) is 5.56 Å². The first-order valence-corrected chi connectivity index (χ1v) is 5.85. The summed E-state index contributed by atoms with van der Waals surface area (Å²) in [6.45, 7) is 4.53. The molecule has 0 bridgehead atoms. The summed E-state index contributed by atoms with van der Waals surface area (Å²) in [6.07, 6.45) is 1.60. The smallest absolute Gasteiger partial charge is 0.128 e. The lowest BCUT2D eigenvalue weighted by molar-refractivity contribution is 0.339. The van der Waals surface area contributed by atoms with Crippen molar-refractivity contribution < 1.29 is 4.74 Å². The molecule has 90 valence electrons. The highest BCUT2D eigenvalue weighted by molar-refractivity contribution is 5.73. The summed E-state index contributed by atoms with van der Waals surface area (Å²) in [4.78, 5) is 0. The lowest BCUT2D eigenvalue weighted by atomic mass is 10.0. The summed E-state index contributed by atoms with van der Waals surface area (Å²) in [5.41, 5.74) is 8.00. The maximum absolute atomic E-state index is 9.08. The summed E-state index contributed by atoms with van der Waals surface area (Å²) in [6, 6.07) is 9.71. The Morgan fingerprint density at radius 2 is 2.06 bits per heavy atom. The minimum Gasteiger partial charge on any atom is -0.493 e. The minimum atomic E-state index is 0.526. The van der Waals surface area contributed by atoms with Crippen LogP contribution in [0.25, 0.3) is 5.70 Å². The quantitative estimate of drug-likeness (QED) is 0.791. The van der Waals surface area contributed by atoms with Crippen molar-refractivity contribution in [1.29, 1.82) is 5.26 Å². The molecule has 0 amide bonds. The van der Waals surface area contributed by atoms with Gasteiger partial charge in [0.05, 0.1) is 23.9 Å². The predicted octanol–water partition coefficient (Wildman–Crippen LogP) is 3.08. The van der Waals surface area contributed by atoms with Crippen molar-refractivity contribution in [2.75, 3.05) is 6.61 Å². The first-order valence-electron chi connectivity index (χ1n) is 5.85. The second kappa shape index (κ2) is 6.59. The van der Waals surface area contributed by atoms with Crippen LogP contribution in [0.15, 0.2) is 29.8 Å². The number of hydrogen-bond acceptors (Lipinski definition) is 3. The zero-order chi connectivity index (χ0) is 12.7. The van der Waals surface area contributed by atoms with Gasteiger partial charge in [0.15, 0.2) is 0 Å². The molecule has 17 heavy (non-hydrogen) atoms. The molecule has 3 heteroatoms. The Balaban J connectivity index is 3.18. The van der Waals surface area contributed by atoms with Crippen molar-refractivity contribution in [1.82, 2.24) is 0 Å².